The second-order valence-corrected chi connectivity index (χ2v) is 6.94. The maximum atomic E-state index is 14.3. The first-order valence-corrected chi connectivity index (χ1v) is 9.01. The van der Waals surface area contributed by atoms with Crippen molar-refractivity contribution in [2.75, 3.05) is 6.79 Å². The minimum atomic E-state index is -0.430. The smallest absolute Gasteiger partial charge is 0.280 e. The highest BCUT2D eigenvalue weighted by molar-refractivity contribution is 9.10. The minimum absolute atomic E-state index is 0.186. The average molecular weight is 444 g/mol. The van der Waals surface area contributed by atoms with Crippen molar-refractivity contribution in [3.63, 3.8) is 0 Å². The van der Waals surface area contributed by atoms with Crippen LogP contribution in [-0.4, -0.2) is 31.9 Å². The maximum absolute atomic E-state index is 14.3. The van der Waals surface area contributed by atoms with Crippen molar-refractivity contribution in [1.82, 2.24) is 25.1 Å². The first kappa shape index (κ1) is 16.9. The molecule has 0 atom stereocenters. The molecule has 0 spiro atoms. The highest BCUT2D eigenvalue weighted by Gasteiger charge is 2.21. The van der Waals surface area contributed by atoms with Gasteiger partial charge in [-0.1, -0.05) is 26.3 Å². The molecule has 4 aromatic rings. The molecule has 1 aliphatic rings. The van der Waals surface area contributed by atoms with E-state index in [2.05, 4.69) is 36.4 Å². The summed E-state index contributed by atoms with van der Waals surface area (Å²) in [5.74, 6) is 1.42. The molecular weight excluding hydrogens is 433 g/mol. The molecule has 0 unspecified atom stereocenters. The molecule has 0 N–H and O–H groups in total. The molecule has 3 heterocycles. The van der Waals surface area contributed by atoms with Crippen LogP contribution in [0.15, 0.2) is 45.4 Å². The van der Waals surface area contributed by atoms with Gasteiger partial charge in [-0.05, 0) is 43.3 Å². The Labute approximate surface area is 166 Å². The Balaban J connectivity index is 1.50. The summed E-state index contributed by atoms with van der Waals surface area (Å²) in [6, 6.07) is 10.1. The molecule has 8 nitrogen and oxygen atoms in total. The molecule has 0 radical (unpaired) electrons. The van der Waals surface area contributed by atoms with E-state index in [9.17, 15) is 4.39 Å². The van der Waals surface area contributed by atoms with Gasteiger partial charge < -0.3 is 14.0 Å². The van der Waals surface area contributed by atoms with Crippen LogP contribution in [0.4, 0.5) is 4.39 Å². The maximum Gasteiger partial charge on any atom is 0.280 e. The number of ether oxygens (including phenoxy) is 2. The number of benzene rings is 2. The summed E-state index contributed by atoms with van der Waals surface area (Å²) in [5.41, 5.74) is 1.93. The number of hydrogen-bond acceptors (Lipinski definition) is 7. The molecule has 0 bridgehead atoms. The standard InChI is InChI=1S/C18H11BrFN5O3/c1-9-16(22-24-25(9)13-4-3-11(19)7-12(13)20)18-21-17(23-28-18)10-2-5-14-15(6-10)27-8-26-14/h2-7H,8H2,1H3. The summed E-state index contributed by atoms with van der Waals surface area (Å²) in [6.45, 7) is 1.94. The van der Waals surface area contributed by atoms with Gasteiger partial charge in [0.1, 0.15) is 11.5 Å². The van der Waals surface area contributed by atoms with E-state index in [4.69, 9.17) is 14.0 Å². The Hall–Kier alpha value is -3.27. The molecule has 28 heavy (non-hydrogen) atoms. The fourth-order valence-corrected chi connectivity index (χ4v) is 3.21. The fraction of sp³-hybridized carbons (Fsp3) is 0.111. The minimum Gasteiger partial charge on any atom is -0.454 e. The summed E-state index contributed by atoms with van der Waals surface area (Å²) in [4.78, 5) is 4.39. The Bertz CT molecular complexity index is 1210. The zero-order valence-electron chi connectivity index (χ0n) is 14.4. The van der Waals surface area contributed by atoms with Crippen LogP contribution in [0.1, 0.15) is 5.69 Å². The molecule has 2 aromatic heterocycles. The van der Waals surface area contributed by atoms with Gasteiger partial charge in [0.15, 0.2) is 17.2 Å². The number of hydrogen-bond donors (Lipinski definition) is 0. The lowest BCUT2D eigenvalue weighted by Gasteiger charge is -2.04. The lowest BCUT2D eigenvalue weighted by molar-refractivity contribution is 0.174. The fourth-order valence-electron chi connectivity index (χ4n) is 2.88. The van der Waals surface area contributed by atoms with E-state index in [1.165, 1.54) is 10.7 Å². The van der Waals surface area contributed by atoms with Crippen LogP contribution in [0, 0.1) is 12.7 Å². The van der Waals surface area contributed by atoms with Gasteiger partial charge in [-0.15, -0.1) is 5.10 Å². The number of rotatable bonds is 3. The molecule has 0 fully saturated rings. The lowest BCUT2D eigenvalue weighted by atomic mass is 10.2. The molecule has 140 valence electrons. The van der Waals surface area contributed by atoms with Crippen molar-refractivity contribution in [1.29, 1.82) is 0 Å². The van der Waals surface area contributed by atoms with Crippen LogP contribution in [0.2, 0.25) is 0 Å². The van der Waals surface area contributed by atoms with Gasteiger partial charge in [-0.3, -0.25) is 0 Å². The zero-order valence-corrected chi connectivity index (χ0v) is 16.0. The van der Waals surface area contributed by atoms with Gasteiger partial charge in [-0.25, -0.2) is 9.07 Å². The average Bonchev–Trinajstić information content (AvgIpc) is 3.40. The number of fused-ring (bicyclic) bond motifs is 1. The Morgan fingerprint density at radius 2 is 1.96 bits per heavy atom. The third-order valence-corrected chi connectivity index (χ3v) is 4.79. The third-order valence-electron chi connectivity index (χ3n) is 4.29. The number of aromatic nitrogens is 5. The number of halogens is 2. The zero-order chi connectivity index (χ0) is 19.3. The normalized spacial score (nSPS) is 12.5. The van der Waals surface area contributed by atoms with Crippen molar-refractivity contribution in [3.8, 4) is 40.2 Å². The third kappa shape index (κ3) is 2.73. The predicted octanol–water partition coefficient (Wildman–Crippen LogP) is 3.92. The SMILES string of the molecule is Cc1c(-c2nc(-c3ccc4c(c3)OCO4)no2)nnn1-c1ccc(Br)cc1F. The first-order valence-electron chi connectivity index (χ1n) is 8.22. The van der Waals surface area contributed by atoms with Gasteiger partial charge in [0.05, 0.1) is 5.69 Å². The van der Waals surface area contributed by atoms with Crippen LogP contribution < -0.4 is 9.47 Å². The van der Waals surface area contributed by atoms with Crippen molar-refractivity contribution in [3.05, 3.63) is 52.4 Å². The highest BCUT2D eigenvalue weighted by Crippen LogP contribution is 2.35. The van der Waals surface area contributed by atoms with E-state index < -0.39 is 5.82 Å². The van der Waals surface area contributed by atoms with E-state index in [0.29, 0.717) is 38.7 Å². The van der Waals surface area contributed by atoms with Crippen molar-refractivity contribution >= 4 is 15.9 Å². The molecule has 0 saturated carbocycles. The van der Waals surface area contributed by atoms with Gasteiger partial charge in [0, 0.05) is 10.0 Å². The van der Waals surface area contributed by atoms with E-state index in [-0.39, 0.29) is 18.4 Å². The summed E-state index contributed by atoms with van der Waals surface area (Å²) < 4.78 is 32.3. The molecule has 2 aromatic carbocycles. The van der Waals surface area contributed by atoms with E-state index in [0.717, 1.165) is 0 Å². The highest BCUT2D eigenvalue weighted by atomic mass is 79.9. The van der Waals surface area contributed by atoms with E-state index >= 15 is 0 Å². The van der Waals surface area contributed by atoms with Crippen molar-refractivity contribution in [2.45, 2.75) is 6.92 Å². The van der Waals surface area contributed by atoms with Crippen molar-refractivity contribution in [2.24, 2.45) is 0 Å². The quantitative estimate of drug-likeness (QED) is 0.473. The second kappa shape index (κ2) is 6.41. The van der Waals surface area contributed by atoms with Gasteiger partial charge in [-0.2, -0.15) is 4.98 Å². The van der Waals surface area contributed by atoms with Crippen LogP contribution in [0.3, 0.4) is 0 Å². The summed E-state index contributed by atoms with van der Waals surface area (Å²) in [6.07, 6.45) is 0. The van der Waals surface area contributed by atoms with E-state index in [1.807, 2.05) is 6.07 Å². The summed E-state index contributed by atoms with van der Waals surface area (Å²) >= 11 is 3.24. The van der Waals surface area contributed by atoms with Gasteiger partial charge in [0.2, 0.25) is 12.6 Å². The van der Waals surface area contributed by atoms with Crippen LogP contribution in [-0.2, 0) is 0 Å². The van der Waals surface area contributed by atoms with Gasteiger partial charge >= 0.3 is 0 Å². The second-order valence-electron chi connectivity index (χ2n) is 6.02. The molecular formula is C18H11BrFN5O3. The molecule has 0 saturated heterocycles. The number of nitrogens with zero attached hydrogens (tertiary/aromatic N) is 5. The Morgan fingerprint density at radius 1 is 1.11 bits per heavy atom. The molecule has 10 heteroatoms. The molecule has 0 aliphatic carbocycles. The van der Waals surface area contributed by atoms with E-state index in [1.54, 1.807) is 31.2 Å². The topological polar surface area (TPSA) is 88.1 Å². The summed E-state index contributed by atoms with van der Waals surface area (Å²) in [7, 11) is 0. The molecule has 1 aliphatic heterocycles. The molecule has 5 rings (SSSR count). The van der Waals surface area contributed by atoms with Crippen LogP contribution in [0.5, 0.6) is 11.5 Å². The molecule has 0 amide bonds. The van der Waals surface area contributed by atoms with Gasteiger partial charge in [0.25, 0.3) is 5.89 Å². The first-order chi connectivity index (χ1) is 13.6. The Kier molecular flexibility index (Phi) is 3.86. The van der Waals surface area contributed by atoms with Crippen LogP contribution >= 0.6 is 15.9 Å². The van der Waals surface area contributed by atoms with Crippen LogP contribution in [0.25, 0.3) is 28.7 Å². The Morgan fingerprint density at radius 3 is 2.82 bits per heavy atom. The monoisotopic (exact) mass is 443 g/mol. The lowest BCUT2D eigenvalue weighted by Crippen LogP contribution is -2.02. The largest absolute Gasteiger partial charge is 0.454 e. The van der Waals surface area contributed by atoms with Crippen molar-refractivity contribution < 1.29 is 18.4 Å². The summed E-state index contributed by atoms with van der Waals surface area (Å²) in [5, 5.41) is 12.1. The predicted molar refractivity (Wildman–Crippen MR) is 98.6 cm³/mol.